The van der Waals surface area contributed by atoms with Crippen LogP contribution >= 0.6 is 0 Å². The van der Waals surface area contributed by atoms with Crippen molar-refractivity contribution in [3.63, 3.8) is 0 Å². The number of carbonyl (C=O) groups is 2. The van der Waals surface area contributed by atoms with E-state index in [2.05, 4.69) is 20.2 Å². The number of aromatic nitrogens is 2. The van der Waals surface area contributed by atoms with E-state index >= 15 is 0 Å². The van der Waals surface area contributed by atoms with Crippen LogP contribution in [0.1, 0.15) is 12.2 Å². The van der Waals surface area contributed by atoms with Crippen molar-refractivity contribution < 1.29 is 9.59 Å². The molecule has 0 unspecified atom stereocenters. The van der Waals surface area contributed by atoms with Gasteiger partial charge in [0.15, 0.2) is 0 Å². The van der Waals surface area contributed by atoms with Crippen LogP contribution in [-0.4, -0.2) is 53.6 Å². The van der Waals surface area contributed by atoms with Gasteiger partial charge in [-0.15, -0.1) is 0 Å². The molecule has 2 N–H and O–H groups in total. The fourth-order valence-electron chi connectivity index (χ4n) is 2.33. The molecule has 7 nitrogen and oxygen atoms in total. The van der Waals surface area contributed by atoms with Crippen LogP contribution < -0.4 is 10.6 Å². The second-order valence-electron chi connectivity index (χ2n) is 5.52. The molecule has 2 aromatic rings. The van der Waals surface area contributed by atoms with Crippen LogP contribution in [0.5, 0.6) is 0 Å². The summed E-state index contributed by atoms with van der Waals surface area (Å²) in [5, 5.41) is 5.47. The number of nitrogens with zero attached hydrogens (tertiary/aromatic N) is 3. The second kappa shape index (κ2) is 7.62. The Hall–Kier alpha value is -2.57. The molecule has 0 bridgehead atoms. The first-order valence-corrected chi connectivity index (χ1v) is 7.62. The van der Waals surface area contributed by atoms with E-state index in [4.69, 9.17) is 0 Å². The van der Waals surface area contributed by atoms with Gasteiger partial charge in [0, 0.05) is 40.2 Å². The fraction of sp³-hybridized carbons (Fsp3) is 0.438. The van der Waals surface area contributed by atoms with Gasteiger partial charge in [-0.2, -0.15) is 0 Å². The smallest absolute Gasteiger partial charge is 0.314 e. The zero-order chi connectivity index (χ0) is 16.8. The molecule has 1 aromatic heterocycles. The summed E-state index contributed by atoms with van der Waals surface area (Å²) in [6.07, 6.45) is 0.297. The summed E-state index contributed by atoms with van der Waals surface area (Å²) in [6.45, 7) is 3.42. The highest BCUT2D eigenvalue weighted by molar-refractivity contribution is 5.78. The number of fused-ring (bicyclic) bond motifs is 1. The zero-order valence-corrected chi connectivity index (χ0v) is 13.8. The Kier molecular flexibility index (Phi) is 5.56. The molecule has 1 heterocycles. The van der Waals surface area contributed by atoms with Gasteiger partial charge in [-0.3, -0.25) is 4.79 Å². The Balaban J connectivity index is 1.77. The van der Waals surface area contributed by atoms with E-state index in [1.807, 2.05) is 31.2 Å². The highest BCUT2D eigenvalue weighted by atomic mass is 16.2. The molecule has 7 heteroatoms. The van der Waals surface area contributed by atoms with Crippen molar-refractivity contribution in [2.45, 2.75) is 19.9 Å². The molecule has 0 aliphatic rings. The van der Waals surface area contributed by atoms with E-state index in [0.29, 0.717) is 26.1 Å². The van der Waals surface area contributed by atoms with Crippen molar-refractivity contribution in [1.29, 1.82) is 0 Å². The first-order chi connectivity index (χ1) is 11.0. The molecule has 0 aliphatic heterocycles. The van der Waals surface area contributed by atoms with Gasteiger partial charge < -0.3 is 20.1 Å². The number of para-hydroxylation sites is 2. The maximum atomic E-state index is 11.7. The maximum absolute atomic E-state index is 11.7. The van der Waals surface area contributed by atoms with E-state index in [0.717, 1.165) is 16.9 Å². The summed E-state index contributed by atoms with van der Waals surface area (Å²) >= 11 is 0. The molecule has 0 saturated heterocycles. The number of nitrogens with one attached hydrogen (secondary N) is 2. The Bertz CT molecular complexity index is 693. The Morgan fingerprint density at radius 3 is 2.61 bits per heavy atom. The number of aryl methyl sites for hydroxylation is 1. The summed E-state index contributed by atoms with van der Waals surface area (Å²) in [7, 11) is 3.39. The SMILES string of the molecule is Cc1nc2ccccc2n1CCNC(=O)NCCC(=O)N(C)C. The third kappa shape index (κ3) is 4.45. The Morgan fingerprint density at radius 2 is 1.87 bits per heavy atom. The largest absolute Gasteiger partial charge is 0.349 e. The number of hydrogen-bond acceptors (Lipinski definition) is 3. The first kappa shape index (κ1) is 16.8. The van der Waals surface area contributed by atoms with Gasteiger partial charge in [-0.1, -0.05) is 12.1 Å². The molecule has 3 amide bonds. The van der Waals surface area contributed by atoms with E-state index in [1.165, 1.54) is 4.90 Å². The van der Waals surface area contributed by atoms with Gasteiger partial charge in [-0.05, 0) is 19.1 Å². The number of benzene rings is 1. The highest BCUT2D eigenvalue weighted by Gasteiger charge is 2.08. The summed E-state index contributed by atoms with van der Waals surface area (Å²) < 4.78 is 2.07. The van der Waals surface area contributed by atoms with E-state index in [-0.39, 0.29) is 11.9 Å². The molecule has 1 aromatic carbocycles. The van der Waals surface area contributed by atoms with Gasteiger partial charge >= 0.3 is 6.03 Å². The van der Waals surface area contributed by atoms with E-state index in [1.54, 1.807) is 14.1 Å². The predicted molar refractivity (Wildman–Crippen MR) is 89.2 cm³/mol. The van der Waals surface area contributed by atoms with Gasteiger partial charge in [0.2, 0.25) is 5.91 Å². The van der Waals surface area contributed by atoms with Gasteiger partial charge in [0.1, 0.15) is 5.82 Å². The number of rotatable bonds is 6. The van der Waals surface area contributed by atoms with Crippen molar-refractivity contribution in [2.75, 3.05) is 27.2 Å². The molecule has 2 rings (SSSR count). The lowest BCUT2D eigenvalue weighted by Gasteiger charge is -2.12. The number of urea groups is 1. The lowest BCUT2D eigenvalue weighted by Crippen LogP contribution is -2.39. The van der Waals surface area contributed by atoms with Crippen LogP contribution in [0.25, 0.3) is 11.0 Å². The molecule has 0 radical (unpaired) electrons. The topological polar surface area (TPSA) is 79.3 Å². The van der Waals surface area contributed by atoms with Crippen LogP contribution in [0.3, 0.4) is 0 Å². The Morgan fingerprint density at radius 1 is 1.17 bits per heavy atom. The fourth-order valence-corrected chi connectivity index (χ4v) is 2.33. The third-order valence-corrected chi connectivity index (χ3v) is 3.59. The average Bonchev–Trinajstić information content (AvgIpc) is 2.83. The minimum Gasteiger partial charge on any atom is -0.349 e. The van der Waals surface area contributed by atoms with Crippen LogP contribution in [0.15, 0.2) is 24.3 Å². The molecule has 0 fully saturated rings. The molecular weight excluding hydrogens is 294 g/mol. The lowest BCUT2D eigenvalue weighted by atomic mass is 10.3. The predicted octanol–water partition coefficient (Wildman–Crippen LogP) is 1.12. The summed E-state index contributed by atoms with van der Waals surface area (Å²) in [5.41, 5.74) is 2.01. The first-order valence-electron chi connectivity index (χ1n) is 7.62. The maximum Gasteiger partial charge on any atom is 0.314 e. The van der Waals surface area contributed by atoms with Crippen LogP contribution in [0, 0.1) is 6.92 Å². The van der Waals surface area contributed by atoms with Crippen LogP contribution in [0.4, 0.5) is 4.79 Å². The van der Waals surface area contributed by atoms with Crippen molar-refractivity contribution >= 4 is 23.0 Å². The zero-order valence-electron chi connectivity index (χ0n) is 13.8. The molecular formula is C16H23N5O2. The van der Waals surface area contributed by atoms with Gasteiger partial charge in [0.05, 0.1) is 11.0 Å². The van der Waals surface area contributed by atoms with Gasteiger partial charge in [-0.25, -0.2) is 9.78 Å². The summed E-state index contributed by atoms with van der Waals surface area (Å²) in [5.74, 6) is 0.913. The van der Waals surface area contributed by atoms with Crippen LogP contribution in [-0.2, 0) is 11.3 Å². The van der Waals surface area contributed by atoms with Crippen molar-refractivity contribution in [2.24, 2.45) is 0 Å². The Labute approximate surface area is 135 Å². The monoisotopic (exact) mass is 317 g/mol. The summed E-state index contributed by atoms with van der Waals surface area (Å²) in [4.78, 5) is 29.1. The molecule has 0 aliphatic carbocycles. The molecule has 0 spiro atoms. The summed E-state index contributed by atoms with van der Waals surface area (Å²) in [6, 6.07) is 7.66. The minimum absolute atomic E-state index is 0.00851. The van der Waals surface area contributed by atoms with Gasteiger partial charge in [0.25, 0.3) is 0 Å². The molecule has 0 saturated carbocycles. The normalized spacial score (nSPS) is 10.6. The molecule has 23 heavy (non-hydrogen) atoms. The van der Waals surface area contributed by atoms with Crippen LogP contribution in [0.2, 0.25) is 0 Å². The third-order valence-electron chi connectivity index (χ3n) is 3.59. The second-order valence-corrected chi connectivity index (χ2v) is 5.52. The number of hydrogen-bond donors (Lipinski definition) is 2. The number of carbonyl (C=O) groups excluding carboxylic acids is 2. The minimum atomic E-state index is -0.265. The van der Waals surface area contributed by atoms with Crippen molar-refractivity contribution in [3.05, 3.63) is 30.1 Å². The van der Waals surface area contributed by atoms with Crippen molar-refractivity contribution in [3.8, 4) is 0 Å². The quantitative estimate of drug-likeness (QED) is 0.838. The standard InChI is InChI=1S/C16H23N5O2/c1-12-19-13-6-4-5-7-14(13)21(12)11-10-18-16(23)17-9-8-15(22)20(2)3/h4-7H,8-11H2,1-3H3,(H2,17,18,23). The number of amides is 3. The van der Waals surface area contributed by atoms with E-state index in [9.17, 15) is 9.59 Å². The molecule has 0 atom stereocenters. The average molecular weight is 317 g/mol. The van der Waals surface area contributed by atoms with E-state index < -0.39 is 0 Å². The van der Waals surface area contributed by atoms with Crippen molar-refractivity contribution in [1.82, 2.24) is 25.1 Å². The highest BCUT2D eigenvalue weighted by Crippen LogP contribution is 2.14. The molecule has 124 valence electrons. The number of imidazole rings is 1. The lowest BCUT2D eigenvalue weighted by molar-refractivity contribution is -0.128.